The van der Waals surface area contributed by atoms with Gasteiger partial charge in [0, 0.05) is 20.1 Å². The number of hydrogen-bond donors (Lipinski definition) is 1. The van der Waals surface area contributed by atoms with Crippen LogP contribution in [0.3, 0.4) is 0 Å². The van der Waals surface area contributed by atoms with Gasteiger partial charge in [-0.25, -0.2) is 4.79 Å². The van der Waals surface area contributed by atoms with Crippen LogP contribution < -0.4 is 5.32 Å². The van der Waals surface area contributed by atoms with Gasteiger partial charge in [0.25, 0.3) is 0 Å². The van der Waals surface area contributed by atoms with Gasteiger partial charge in [-0.15, -0.1) is 0 Å². The number of hydrogen-bond acceptors (Lipinski definition) is 3. The summed E-state index contributed by atoms with van der Waals surface area (Å²) in [6.07, 6.45) is 1.88. The highest BCUT2D eigenvalue weighted by molar-refractivity contribution is 5.67. The third kappa shape index (κ3) is 6.40. The summed E-state index contributed by atoms with van der Waals surface area (Å²) < 4.78 is 4.97. The maximum Gasteiger partial charge on any atom is 0.409 e. The SMILES string of the molecule is CCCCN(C)C(=O)OCCNC. The van der Waals surface area contributed by atoms with Crippen molar-refractivity contribution < 1.29 is 9.53 Å². The Morgan fingerprint density at radius 1 is 1.54 bits per heavy atom. The number of likely N-dealkylation sites (N-methyl/N-ethyl adjacent to an activating group) is 1. The van der Waals surface area contributed by atoms with Gasteiger partial charge in [0.15, 0.2) is 0 Å². The molecular formula is C9H20N2O2. The van der Waals surface area contributed by atoms with Crippen molar-refractivity contribution in [3.05, 3.63) is 0 Å². The molecule has 1 N–H and O–H groups in total. The quantitative estimate of drug-likeness (QED) is 0.634. The van der Waals surface area contributed by atoms with E-state index in [9.17, 15) is 4.79 Å². The molecule has 0 atom stereocenters. The molecule has 78 valence electrons. The van der Waals surface area contributed by atoms with E-state index in [2.05, 4.69) is 12.2 Å². The van der Waals surface area contributed by atoms with E-state index in [0.29, 0.717) is 13.2 Å². The molecule has 0 bridgehead atoms. The molecule has 0 aliphatic heterocycles. The molecule has 4 heteroatoms. The fourth-order valence-corrected chi connectivity index (χ4v) is 0.837. The zero-order valence-electron chi connectivity index (χ0n) is 8.80. The van der Waals surface area contributed by atoms with E-state index in [1.807, 2.05) is 7.05 Å². The molecule has 0 heterocycles. The maximum atomic E-state index is 11.2. The molecule has 0 aromatic heterocycles. The first-order valence-electron chi connectivity index (χ1n) is 4.74. The second kappa shape index (κ2) is 7.86. The molecule has 0 saturated carbocycles. The summed E-state index contributed by atoms with van der Waals surface area (Å²) in [5.41, 5.74) is 0. The Hall–Kier alpha value is -0.770. The summed E-state index contributed by atoms with van der Waals surface area (Å²) >= 11 is 0. The van der Waals surface area contributed by atoms with Crippen molar-refractivity contribution in [2.24, 2.45) is 0 Å². The van der Waals surface area contributed by atoms with E-state index in [1.165, 1.54) is 0 Å². The Kier molecular flexibility index (Phi) is 7.39. The summed E-state index contributed by atoms with van der Waals surface area (Å²) in [5.74, 6) is 0. The van der Waals surface area contributed by atoms with Crippen LogP contribution >= 0.6 is 0 Å². The summed E-state index contributed by atoms with van der Waals surface area (Å²) in [5, 5.41) is 2.91. The second-order valence-corrected chi connectivity index (χ2v) is 2.99. The molecule has 0 aromatic carbocycles. The number of ether oxygens (including phenoxy) is 1. The molecular weight excluding hydrogens is 168 g/mol. The predicted octanol–water partition coefficient (Wildman–Crippen LogP) is 1.07. The lowest BCUT2D eigenvalue weighted by molar-refractivity contribution is 0.112. The number of nitrogens with one attached hydrogen (secondary N) is 1. The van der Waals surface area contributed by atoms with Crippen molar-refractivity contribution >= 4 is 6.09 Å². The van der Waals surface area contributed by atoms with Crippen LogP contribution in [-0.2, 0) is 4.74 Å². The first-order valence-corrected chi connectivity index (χ1v) is 4.74. The average molecular weight is 188 g/mol. The van der Waals surface area contributed by atoms with Gasteiger partial charge in [-0.3, -0.25) is 0 Å². The minimum absolute atomic E-state index is 0.233. The first-order chi connectivity index (χ1) is 6.22. The molecule has 0 aromatic rings. The predicted molar refractivity (Wildman–Crippen MR) is 52.8 cm³/mol. The number of unbranched alkanes of at least 4 members (excludes halogenated alkanes) is 1. The fraction of sp³-hybridized carbons (Fsp3) is 0.889. The van der Waals surface area contributed by atoms with Crippen molar-refractivity contribution in [3.8, 4) is 0 Å². The minimum Gasteiger partial charge on any atom is -0.448 e. The second-order valence-electron chi connectivity index (χ2n) is 2.99. The lowest BCUT2D eigenvalue weighted by Crippen LogP contribution is -2.30. The molecule has 0 aliphatic rings. The van der Waals surface area contributed by atoms with Crippen molar-refractivity contribution in [3.63, 3.8) is 0 Å². The standard InChI is InChI=1S/C9H20N2O2/c1-4-5-7-11(3)9(12)13-8-6-10-2/h10H,4-8H2,1-3H3. The van der Waals surface area contributed by atoms with E-state index in [0.717, 1.165) is 19.4 Å². The van der Waals surface area contributed by atoms with E-state index < -0.39 is 0 Å². The lowest BCUT2D eigenvalue weighted by Gasteiger charge is -2.16. The van der Waals surface area contributed by atoms with Crippen LogP contribution in [0.25, 0.3) is 0 Å². The highest BCUT2D eigenvalue weighted by Crippen LogP contribution is 1.94. The molecule has 0 rings (SSSR count). The fourth-order valence-electron chi connectivity index (χ4n) is 0.837. The average Bonchev–Trinajstić information content (AvgIpc) is 2.14. The molecule has 4 nitrogen and oxygen atoms in total. The van der Waals surface area contributed by atoms with Crippen LogP contribution in [0.2, 0.25) is 0 Å². The number of carbonyl (C=O) groups is 1. The largest absolute Gasteiger partial charge is 0.448 e. The van der Waals surface area contributed by atoms with Crippen LogP contribution in [0.4, 0.5) is 4.79 Å². The Bertz CT molecular complexity index is 140. The Morgan fingerprint density at radius 3 is 2.77 bits per heavy atom. The van der Waals surface area contributed by atoms with E-state index in [-0.39, 0.29) is 6.09 Å². The van der Waals surface area contributed by atoms with E-state index >= 15 is 0 Å². The van der Waals surface area contributed by atoms with E-state index in [1.54, 1.807) is 11.9 Å². The van der Waals surface area contributed by atoms with Crippen molar-refractivity contribution in [2.45, 2.75) is 19.8 Å². The normalized spacial score (nSPS) is 9.77. The number of amides is 1. The molecule has 0 aliphatic carbocycles. The summed E-state index contributed by atoms with van der Waals surface area (Å²) in [6.45, 7) is 4.01. The van der Waals surface area contributed by atoms with Crippen LogP contribution in [-0.4, -0.2) is 44.8 Å². The van der Waals surface area contributed by atoms with Gasteiger partial charge in [0.05, 0.1) is 0 Å². The van der Waals surface area contributed by atoms with Gasteiger partial charge in [0.2, 0.25) is 0 Å². The van der Waals surface area contributed by atoms with Crippen molar-refractivity contribution in [1.29, 1.82) is 0 Å². The topological polar surface area (TPSA) is 41.6 Å². The Balaban J connectivity index is 3.45. The van der Waals surface area contributed by atoms with Crippen LogP contribution in [0, 0.1) is 0 Å². The van der Waals surface area contributed by atoms with Gasteiger partial charge in [0.1, 0.15) is 6.61 Å². The molecule has 0 spiro atoms. The molecule has 1 amide bonds. The summed E-state index contributed by atoms with van der Waals surface area (Å²) in [4.78, 5) is 12.8. The Morgan fingerprint density at radius 2 is 2.23 bits per heavy atom. The number of rotatable bonds is 6. The zero-order valence-corrected chi connectivity index (χ0v) is 8.80. The highest BCUT2D eigenvalue weighted by Gasteiger charge is 2.07. The zero-order chi connectivity index (χ0) is 10.1. The third-order valence-electron chi connectivity index (χ3n) is 1.74. The van der Waals surface area contributed by atoms with Gasteiger partial charge in [-0.2, -0.15) is 0 Å². The van der Waals surface area contributed by atoms with Gasteiger partial charge >= 0.3 is 6.09 Å². The van der Waals surface area contributed by atoms with Crippen molar-refractivity contribution in [1.82, 2.24) is 10.2 Å². The minimum atomic E-state index is -0.233. The van der Waals surface area contributed by atoms with Gasteiger partial charge < -0.3 is 15.0 Å². The first kappa shape index (κ1) is 12.2. The van der Waals surface area contributed by atoms with Crippen molar-refractivity contribution in [2.75, 3.05) is 33.8 Å². The van der Waals surface area contributed by atoms with Crippen LogP contribution in [0.1, 0.15) is 19.8 Å². The lowest BCUT2D eigenvalue weighted by atomic mass is 10.3. The number of carbonyl (C=O) groups excluding carboxylic acids is 1. The Labute approximate surface area is 80.2 Å². The molecule has 0 saturated heterocycles. The number of nitrogens with zero attached hydrogens (tertiary/aromatic N) is 1. The van der Waals surface area contributed by atoms with Gasteiger partial charge in [-0.1, -0.05) is 13.3 Å². The molecule has 0 unspecified atom stereocenters. The molecule has 0 radical (unpaired) electrons. The summed E-state index contributed by atoms with van der Waals surface area (Å²) in [7, 11) is 3.59. The van der Waals surface area contributed by atoms with Crippen LogP contribution in [0.5, 0.6) is 0 Å². The van der Waals surface area contributed by atoms with Gasteiger partial charge in [-0.05, 0) is 13.5 Å². The molecule has 13 heavy (non-hydrogen) atoms. The maximum absolute atomic E-state index is 11.2. The van der Waals surface area contributed by atoms with E-state index in [4.69, 9.17) is 4.74 Å². The highest BCUT2D eigenvalue weighted by atomic mass is 16.6. The smallest absolute Gasteiger partial charge is 0.409 e. The van der Waals surface area contributed by atoms with Crippen LogP contribution in [0.15, 0.2) is 0 Å². The third-order valence-corrected chi connectivity index (χ3v) is 1.74. The monoisotopic (exact) mass is 188 g/mol. The molecule has 0 fully saturated rings. The summed E-state index contributed by atoms with van der Waals surface area (Å²) in [6, 6.07) is 0.